The van der Waals surface area contributed by atoms with Crippen LogP contribution in [-0.2, 0) is 11.3 Å². The molecule has 0 aliphatic rings. The van der Waals surface area contributed by atoms with E-state index in [0.717, 1.165) is 10.6 Å². The number of thioether (sulfide) groups is 1. The fourth-order valence-corrected chi connectivity index (χ4v) is 2.97. The molecule has 0 saturated carbocycles. The largest absolute Gasteiger partial charge is 0.497 e. The minimum absolute atomic E-state index is 0.0212. The number of ether oxygens (including phenoxy) is 2. The molecule has 0 bridgehead atoms. The quantitative estimate of drug-likeness (QED) is 0.683. The first kappa shape index (κ1) is 20.9. The summed E-state index contributed by atoms with van der Waals surface area (Å²) >= 11 is 1.36. The lowest BCUT2D eigenvalue weighted by Gasteiger charge is -2.14. The van der Waals surface area contributed by atoms with E-state index in [1.54, 1.807) is 38.3 Å². The number of aromatic nitrogens is 1. The van der Waals surface area contributed by atoms with Crippen LogP contribution in [-0.4, -0.2) is 36.0 Å². The van der Waals surface area contributed by atoms with Crippen LogP contribution in [0.5, 0.6) is 11.6 Å². The highest BCUT2D eigenvalue weighted by Crippen LogP contribution is 2.26. The SMILES string of the molecule is COc1ccc(SC(C)C(=O)NCc2cccnc2OCC(F)(F)F)cc1. The molecule has 0 aliphatic heterocycles. The van der Waals surface area contributed by atoms with E-state index in [-0.39, 0.29) is 18.3 Å². The Morgan fingerprint density at radius 3 is 2.59 bits per heavy atom. The van der Waals surface area contributed by atoms with Crippen molar-refractivity contribution < 1.29 is 27.4 Å². The van der Waals surface area contributed by atoms with Crippen molar-refractivity contribution in [1.29, 1.82) is 0 Å². The van der Waals surface area contributed by atoms with Gasteiger partial charge in [0.1, 0.15) is 5.75 Å². The van der Waals surface area contributed by atoms with Crippen LogP contribution in [0.25, 0.3) is 0 Å². The number of carbonyl (C=O) groups is 1. The van der Waals surface area contributed by atoms with Crippen LogP contribution in [0.1, 0.15) is 12.5 Å². The summed E-state index contributed by atoms with van der Waals surface area (Å²) in [6, 6.07) is 10.4. The summed E-state index contributed by atoms with van der Waals surface area (Å²) in [5.41, 5.74) is 0.372. The maximum Gasteiger partial charge on any atom is 0.422 e. The lowest BCUT2D eigenvalue weighted by atomic mass is 10.2. The van der Waals surface area contributed by atoms with Crippen LogP contribution in [0.4, 0.5) is 13.2 Å². The fourth-order valence-electron chi connectivity index (χ4n) is 2.08. The van der Waals surface area contributed by atoms with Gasteiger partial charge >= 0.3 is 6.18 Å². The van der Waals surface area contributed by atoms with Gasteiger partial charge in [0.05, 0.1) is 12.4 Å². The van der Waals surface area contributed by atoms with E-state index in [1.807, 2.05) is 12.1 Å². The molecule has 2 aromatic rings. The Labute approximate surface area is 159 Å². The van der Waals surface area contributed by atoms with Gasteiger partial charge < -0.3 is 14.8 Å². The van der Waals surface area contributed by atoms with Crippen molar-refractivity contribution in [2.24, 2.45) is 0 Å². The molecule has 146 valence electrons. The monoisotopic (exact) mass is 400 g/mol. The molecule has 1 amide bonds. The molecule has 0 fully saturated rings. The van der Waals surface area contributed by atoms with E-state index in [1.165, 1.54) is 18.0 Å². The highest BCUT2D eigenvalue weighted by molar-refractivity contribution is 8.00. The van der Waals surface area contributed by atoms with Crippen molar-refractivity contribution in [3.8, 4) is 11.6 Å². The number of methoxy groups -OCH3 is 1. The molecule has 1 aromatic heterocycles. The maximum atomic E-state index is 12.3. The molecule has 0 saturated heterocycles. The van der Waals surface area contributed by atoms with E-state index in [2.05, 4.69) is 10.3 Å². The molecule has 1 unspecified atom stereocenters. The predicted octanol–water partition coefficient (Wildman–Crippen LogP) is 3.83. The molecule has 27 heavy (non-hydrogen) atoms. The Kier molecular flexibility index (Phi) is 7.35. The van der Waals surface area contributed by atoms with Gasteiger partial charge in [-0.05, 0) is 37.3 Å². The zero-order valence-corrected chi connectivity index (χ0v) is 15.6. The van der Waals surface area contributed by atoms with Crippen molar-refractivity contribution in [3.05, 3.63) is 48.2 Å². The number of carbonyl (C=O) groups excluding carboxylic acids is 1. The number of pyridine rings is 1. The van der Waals surface area contributed by atoms with Crippen LogP contribution in [0.2, 0.25) is 0 Å². The van der Waals surface area contributed by atoms with Crippen LogP contribution >= 0.6 is 11.8 Å². The van der Waals surface area contributed by atoms with Gasteiger partial charge in [-0.1, -0.05) is 6.07 Å². The number of halogens is 3. The molecule has 0 radical (unpaired) electrons. The van der Waals surface area contributed by atoms with Crippen molar-refractivity contribution in [3.63, 3.8) is 0 Å². The Hall–Kier alpha value is -2.42. The Morgan fingerprint density at radius 1 is 1.26 bits per heavy atom. The lowest BCUT2D eigenvalue weighted by molar-refractivity contribution is -0.154. The second-order valence-corrected chi connectivity index (χ2v) is 6.94. The molecule has 0 aliphatic carbocycles. The second kappa shape index (κ2) is 9.50. The van der Waals surface area contributed by atoms with Crippen molar-refractivity contribution in [1.82, 2.24) is 10.3 Å². The lowest BCUT2D eigenvalue weighted by Crippen LogP contribution is -2.30. The minimum Gasteiger partial charge on any atom is -0.497 e. The predicted molar refractivity (Wildman–Crippen MR) is 95.9 cm³/mol. The third-order valence-corrected chi connectivity index (χ3v) is 4.53. The van der Waals surface area contributed by atoms with Crippen LogP contribution in [0.3, 0.4) is 0 Å². The Morgan fingerprint density at radius 2 is 1.96 bits per heavy atom. The Balaban J connectivity index is 1.90. The molecular weight excluding hydrogens is 381 g/mol. The molecule has 0 spiro atoms. The first-order valence-electron chi connectivity index (χ1n) is 8.00. The third-order valence-electron chi connectivity index (χ3n) is 3.42. The van der Waals surface area contributed by atoms with Crippen molar-refractivity contribution in [2.75, 3.05) is 13.7 Å². The first-order chi connectivity index (χ1) is 12.8. The molecule has 1 N–H and O–H groups in total. The van der Waals surface area contributed by atoms with Gasteiger partial charge in [0.15, 0.2) is 6.61 Å². The van der Waals surface area contributed by atoms with Gasteiger partial charge in [-0.3, -0.25) is 4.79 Å². The summed E-state index contributed by atoms with van der Waals surface area (Å²) in [5, 5.41) is 2.30. The summed E-state index contributed by atoms with van der Waals surface area (Å²) in [6.45, 7) is 0.330. The van der Waals surface area contributed by atoms with Gasteiger partial charge in [0.25, 0.3) is 0 Å². The smallest absolute Gasteiger partial charge is 0.422 e. The molecule has 1 atom stereocenters. The average Bonchev–Trinajstić information content (AvgIpc) is 2.65. The van der Waals surface area contributed by atoms with Gasteiger partial charge in [0, 0.05) is 23.2 Å². The second-order valence-electron chi connectivity index (χ2n) is 5.52. The fraction of sp³-hybridized carbons (Fsp3) is 0.333. The molecule has 1 aromatic carbocycles. The van der Waals surface area contributed by atoms with E-state index in [0.29, 0.717) is 5.56 Å². The number of amides is 1. The highest BCUT2D eigenvalue weighted by atomic mass is 32.2. The van der Waals surface area contributed by atoms with E-state index in [9.17, 15) is 18.0 Å². The standard InChI is InChI=1S/C18H19F3N2O3S/c1-12(27-15-7-5-14(25-2)6-8-15)16(24)23-10-13-4-3-9-22-17(13)26-11-18(19,20)21/h3-9,12H,10-11H2,1-2H3,(H,23,24). The van der Waals surface area contributed by atoms with Gasteiger partial charge in [0.2, 0.25) is 11.8 Å². The highest BCUT2D eigenvalue weighted by Gasteiger charge is 2.29. The number of rotatable bonds is 8. The maximum absolute atomic E-state index is 12.3. The van der Waals surface area contributed by atoms with E-state index < -0.39 is 18.0 Å². The van der Waals surface area contributed by atoms with Crippen molar-refractivity contribution >= 4 is 17.7 Å². The van der Waals surface area contributed by atoms with Crippen LogP contribution < -0.4 is 14.8 Å². The minimum atomic E-state index is -4.46. The first-order valence-corrected chi connectivity index (χ1v) is 8.88. The van der Waals surface area contributed by atoms with Gasteiger partial charge in [-0.2, -0.15) is 13.2 Å². The number of nitrogens with zero attached hydrogens (tertiary/aromatic N) is 1. The summed E-state index contributed by atoms with van der Waals surface area (Å²) in [7, 11) is 1.57. The molecule has 1 heterocycles. The number of benzene rings is 1. The van der Waals surface area contributed by atoms with Crippen molar-refractivity contribution in [2.45, 2.75) is 29.8 Å². The zero-order valence-electron chi connectivity index (χ0n) is 14.7. The summed E-state index contributed by atoms with van der Waals surface area (Å²) < 4.78 is 46.7. The van der Waals surface area contributed by atoms with Gasteiger partial charge in [-0.15, -0.1) is 11.8 Å². The average molecular weight is 400 g/mol. The number of hydrogen-bond acceptors (Lipinski definition) is 5. The number of alkyl halides is 3. The number of nitrogens with one attached hydrogen (secondary N) is 1. The van der Waals surface area contributed by atoms with Crippen LogP contribution in [0.15, 0.2) is 47.5 Å². The molecule has 2 rings (SSSR count). The Bertz CT molecular complexity index is 754. The molecule has 9 heteroatoms. The normalized spacial score (nSPS) is 12.3. The number of hydrogen-bond donors (Lipinski definition) is 1. The topological polar surface area (TPSA) is 60.5 Å². The summed E-state index contributed by atoms with van der Waals surface area (Å²) in [4.78, 5) is 17.0. The summed E-state index contributed by atoms with van der Waals surface area (Å²) in [5.74, 6) is 0.325. The zero-order chi connectivity index (χ0) is 19.9. The third kappa shape index (κ3) is 7.01. The van der Waals surface area contributed by atoms with E-state index >= 15 is 0 Å². The van der Waals surface area contributed by atoms with Crippen LogP contribution in [0, 0.1) is 0 Å². The van der Waals surface area contributed by atoms with Gasteiger partial charge in [-0.25, -0.2) is 4.98 Å². The molecule has 5 nitrogen and oxygen atoms in total. The molecular formula is C18H19F3N2O3S. The van der Waals surface area contributed by atoms with E-state index in [4.69, 9.17) is 9.47 Å². The summed E-state index contributed by atoms with van der Waals surface area (Å²) in [6.07, 6.45) is -3.12.